The molecule has 7 aliphatic rings. The summed E-state index contributed by atoms with van der Waals surface area (Å²) >= 11 is 0. The molecular formula is C48H74O15. The van der Waals surface area contributed by atoms with Crippen molar-refractivity contribution in [2.24, 2.45) is 23.7 Å². The largest absolute Gasteiger partial charge is 0.462 e. The molecule has 0 saturated carbocycles. The third-order valence-electron chi connectivity index (χ3n) is 15.0. The number of aliphatic hydroxyl groups is 4. The number of carbonyl (C=O) groups is 1. The summed E-state index contributed by atoms with van der Waals surface area (Å²) in [6.07, 6.45) is 3.00. The molecule has 5 fully saturated rings. The number of fused-ring (bicyclic) bond motifs is 2. The van der Waals surface area contributed by atoms with Crippen LogP contribution in [0.25, 0.3) is 0 Å². The number of allylic oxidation sites excluding steroid dienone is 2. The molecule has 0 aromatic heterocycles. The molecule has 7 rings (SSSR count). The number of ether oxygens (including phenoxy) is 10. The molecule has 356 valence electrons. The number of hydrogen-bond donors (Lipinski definition) is 4. The van der Waals surface area contributed by atoms with Crippen LogP contribution in [0, 0.1) is 23.7 Å². The van der Waals surface area contributed by atoms with Gasteiger partial charge >= 0.3 is 5.97 Å². The summed E-state index contributed by atoms with van der Waals surface area (Å²) in [6.45, 7) is 15.7. The van der Waals surface area contributed by atoms with Gasteiger partial charge in [0.1, 0.15) is 42.0 Å². The van der Waals surface area contributed by atoms with Gasteiger partial charge in [-0.2, -0.15) is 0 Å². The minimum Gasteiger partial charge on any atom is -0.462 e. The van der Waals surface area contributed by atoms with Gasteiger partial charge in [0.25, 0.3) is 0 Å². The van der Waals surface area contributed by atoms with E-state index in [-0.39, 0.29) is 43.3 Å². The predicted octanol–water partition coefficient (Wildman–Crippen LogP) is 4.57. The van der Waals surface area contributed by atoms with Crippen molar-refractivity contribution in [1.29, 1.82) is 0 Å². The van der Waals surface area contributed by atoms with Crippen LogP contribution in [0.4, 0.5) is 0 Å². The lowest BCUT2D eigenvalue weighted by molar-refractivity contribution is -0.354. The molecule has 1 aliphatic carbocycles. The Morgan fingerprint density at radius 3 is 2.30 bits per heavy atom. The highest BCUT2D eigenvalue weighted by Crippen LogP contribution is 2.48. The smallest absolute Gasteiger partial charge is 0.316 e. The second-order valence-corrected chi connectivity index (χ2v) is 19.5. The molecule has 0 aromatic carbocycles. The van der Waals surface area contributed by atoms with Crippen LogP contribution in [0.15, 0.2) is 47.1 Å². The van der Waals surface area contributed by atoms with Crippen molar-refractivity contribution >= 4 is 5.97 Å². The molecule has 21 atom stereocenters. The van der Waals surface area contributed by atoms with Crippen molar-refractivity contribution in [3.05, 3.63) is 47.1 Å². The molecule has 5 saturated heterocycles. The van der Waals surface area contributed by atoms with E-state index in [4.69, 9.17) is 47.4 Å². The van der Waals surface area contributed by atoms with Gasteiger partial charge in [-0.15, -0.1) is 0 Å². The maximum absolute atomic E-state index is 14.4. The third kappa shape index (κ3) is 9.98. The highest BCUT2D eigenvalue weighted by atomic mass is 16.7. The Hall–Kier alpha value is -2.09. The summed E-state index contributed by atoms with van der Waals surface area (Å²) in [5, 5.41) is 45.7. The van der Waals surface area contributed by atoms with E-state index in [1.807, 2.05) is 39.8 Å². The van der Waals surface area contributed by atoms with Crippen molar-refractivity contribution in [2.45, 2.75) is 204 Å². The third-order valence-corrected chi connectivity index (χ3v) is 15.0. The van der Waals surface area contributed by atoms with Crippen LogP contribution >= 0.6 is 0 Å². The SMILES string of the molecule is CC[C@H](C)[C@H]1O[C@@]2(C[C@H]3C[C@@H](C/C=C(\C)[C@@H](O[C@H]4C[C@H](OC)[C@@H](O[C@H]5C[C@H](OC)[C@@H](O)[C@H](C)O5)[C@H](C)O4)[C@@H](C)/C=C/C=C4\CO[C@@H]5[C@H](O)C(C)=C[C@@H](C(=O)O3)[C@]45O)O2)C[C@H](O)[C@@H]1C. The van der Waals surface area contributed by atoms with Crippen LogP contribution in [0.2, 0.25) is 0 Å². The zero-order valence-electron chi connectivity index (χ0n) is 38.8. The lowest BCUT2D eigenvalue weighted by Crippen LogP contribution is -2.60. The van der Waals surface area contributed by atoms with Gasteiger partial charge in [0.2, 0.25) is 0 Å². The van der Waals surface area contributed by atoms with E-state index >= 15 is 0 Å². The molecule has 0 radical (unpaired) electrons. The van der Waals surface area contributed by atoms with Crippen LogP contribution in [-0.2, 0) is 52.2 Å². The first-order chi connectivity index (χ1) is 29.9. The van der Waals surface area contributed by atoms with E-state index in [1.54, 1.807) is 40.2 Å². The van der Waals surface area contributed by atoms with Crippen molar-refractivity contribution < 1.29 is 72.6 Å². The van der Waals surface area contributed by atoms with E-state index in [0.717, 1.165) is 12.0 Å². The molecule has 1 spiro atoms. The Morgan fingerprint density at radius 2 is 1.59 bits per heavy atom. The molecule has 0 aromatic rings. The lowest BCUT2D eigenvalue weighted by atomic mass is 9.71. The quantitative estimate of drug-likeness (QED) is 0.196. The summed E-state index contributed by atoms with van der Waals surface area (Å²) < 4.78 is 63.6. The minimum atomic E-state index is -1.87. The molecule has 4 N–H and O–H groups in total. The zero-order chi connectivity index (χ0) is 45.5. The van der Waals surface area contributed by atoms with Gasteiger partial charge in [0, 0.05) is 58.2 Å². The molecule has 6 aliphatic heterocycles. The summed E-state index contributed by atoms with van der Waals surface area (Å²) in [5.41, 5.74) is 0.0234. The molecule has 2 bridgehead atoms. The summed E-state index contributed by atoms with van der Waals surface area (Å²) in [6, 6.07) is 0. The van der Waals surface area contributed by atoms with E-state index in [9.17, 15) is 25.2 Å². The second kappa shape index (κ2) is 20.0. The van der Waals surface area contributed by atoms with Crippen molar-refractivity contribution in [2.75, 3.05) is 20.8 Å². The van der Waals surface area contributed by atoms with Gasteiger partial charge in [0.05, 0.1) is 55.4 Å². The van der Waals surface area contributed by atoms with Crippen LogP contribution < -0.4 is 0 Å². The summed E-state index contributed by atoms with van der Waals surface area (Å²) in [4.78, 5) is 14.4. The Labute approximate surface area is 373 Å². The van der Waals surface area contributed by atoms with Crippen LogP contribution in [0.3, 0.4) is 0 Å². The first-order valence-electron chi connectivity index (χ1n) is 23.3. The highest BCUT2D eigenvalue weighted by Gasteiger charge is 2.60. The van der Waals surface area contributed by atoms with Crippen molar-refractivity contribution in [1.82, 2.24) is 0 Å². The zero-order valence-corrected chi connectivity index (χ0v) is 38.8. The van der Waals surface area contributed by atoms with E-state index in [2.05, 4.69) is 19.9 Å². The number of hydrogen-bond acceptors (Lipinski definition) is 15. The molecule has 15 nitrogen and oxygen atoms in total. The van der Waals surface area contributed by atoms with E-state index in [0.29, 0.717) is 36.8 Å². The van der Waals surface area contributed by atoms with Crippen molar-refractivity contribution in [3.63, 3.8) is 0 Å². The average Bonchev–Trinajstić information content (AvgIpc) is 3.59. The first-order valence-corrected chi connectivity index (χ1v) is 23.3. The standard InChI is InChI=1S/C48H74O15/c1-11-24(2)43-28(6)35(49)22-47(63-43)21-33-18-32(62-47)16-15-26(4)42(25(3)13-12-14-31-23-56-45-40(50)27(5)17-34(46(52)59-33)48(31,45)53)60-39-20-37(55-10)44(30(8)58-39)61-38-19-36(54-9)41(51)29(7)57-38/h12-15,17,24-25,28-30,32-45,49-51,53H,11,16,18-23H2,1-10H3/b13-12+,26-15+,31-14+/t24-,25-,28-,29-,30-,32+,33+,34-,35-,36-,37-,38-,39-,40+,41-,42-,43+,44-,45+,47-,48+/m0/s1. The Kier molecular flexibility index (Phi) is 15.5. The maximum Gasteiger partial charge on any atom is 0.316 e. The monoisotopic (exact) mass is 891 g/mol. The summed E-state index contributed by atoms with van der Waals surface area (Å²) in [7, 11) is 3.20. The Morgan fingerprint density at radius 1 is 0.889 bits per heavy atom. The maximum atomic E-state index is 14.4. The second-order valence-electron chi connectivity index (χ2n) is 19.5. The Bertz CT molecular complexity index is 1710. The number of aliphatic hydroxyl groups excluding tert-OH is 3. The van der Waals surface area contributed by atoms with Crippen LogP contribution in [0.5, 0.6) is 0 Å². The molecule has 0 amide bonds. The highest BCUT2D eigenvalue weighted by molar-refractivity contribution is 5.78. The van der Waals surface area contributed by atoms with Crippen molar-refractivity contribution in [3.8, 4) is 0 Å². The molecular weight excluding hydrogens is 817 g/mol. The van der Waals surface area contributed by atoms with Gasteiger partial charge in [-0.05, 0) is 56.8 Å². The first kappa shape index (κ1) is 48.8. The van der Waals surface area contributed by atoms with Gasteiger partial charge in [0.15, 0.2) is 18.4 Å². The average molecular weight is 891 g/mol. The summed E-state index contributed by atoms with van der Waals surface area (Å²) in [5.74, 6) is -3.19. The number of rotatable bonds is 8. The minimum absolute atomic E-state index is 0.0109. The Balaban J connectivity index is 1.19. The van der Waals surface area contributed by atoms with Gasteiger partial charge in [-0.3, -0.25) is 4.79 Å². The topological polar surface area (TPSA) is 190 Å². The van der Waals surface area contributed by atoms with Crippen LogP contribution in [0.1, 0.15) is 100 Å². The van der Waals surface area contributed by atoms with E-state index in [1.165, 1.54) is 0 Å². The normalized spacial score (nSPS) is 50.0. The van der Waals surface area contributed by atoms with Gasteiger partial charge < -0.3 is 67.8 Å². The molecule has 15 heteroatoms. The number of methoxy groups -OCH3 is 2. The fourth-order valence-corrected chi connectivity index (χ4v) is 11.0. The fourth-order valence-electron chi connectivity index (χ4n) is 11.0. The number of esters is 1. The lowest BCUT2D eigenvalue weighted by Gasteiger charge is -2.52. The van der Waals surface area contributed by atoms with Crippen LogP contribution in [-0.4, -0.2) is 151 Å². The van der Waals surface area contributed by atoms with E-state index < -0.39 is 109 Å². The predicted molar refractivity (Wildman–Crippen MR) is 229 cm³/mol. The molecule has 0 unspecified atom stereocenters. The van der Waals surface area contributed by atoms with Gasteiger partial charge in [-0.1, -0.05) is 64.5 Å². The van der Waals surface area contributed by atoms with Gasteiger partial charge in [-0.25, -0.2) is 0 Å². The number of carbonyl (C=O) groups excluding carboxylic acids is 1. The molecule has 6 heterocycles. The molecule has 63 heavy (non-hydrogen) atoms. The fraction of sp³-hybridized carbons (Fsp3) is 0.812.